The molecule has 0 saturated carbocycles. The highest BCUT2D eigenvalue weighted by atomic mass is 19.1. The van der Waals surface area contributed by atoms with Gasteiger partial charge in [-0.05, 0) is 66.7 Å². The van der Waals surface area contributed by atoms with Crippen LogP contribution in [0.4, 0.5) is 21.6 Å². The van der Waals surface area contributed by atoms with Crippen molar-refractivity contribution in [3.63, 3.8) is 0 Å². The predicted molar refractivity (Wildman–Crippen MR) is 125 cm³/mol. The number of nitrogens with zero attached hydrogens (tertiary/aromatic N) is 2. The molecule has 6 N–H and O–H groups in total. The summed E-state index contributed by atoms with van der Waals surface area (Å²) in [5.41, 5.74) is 10.9. The highest BCUT2D eigenvalue weighted by molar-refractivity contribution is 6.05. The lowest BCUT2D eigenvalue weighted by atomic mass is 10.1. The van der Waals surface area contributed by atoms with E-state index in [9.17, 15) is 9.18 Å². The van der Waals surface area contributed by atoms with Gasteiger partial charge in [-0.2, -0.15) is 0 Å². The van der Waals surface area contributed by atoms with Crippen LogP contribution in [0, 0.1) is 5.82 Å². The monoisotopic (exact) mass is 444 g/mol. The van der Waals surface area contributed by atoms with Crippen molar-refractivity contribution in [2.24, 2.45) is 5.84 Å². The molecule has 0 aliphatic rings. The van der Waals surface area contributed by atoms with Crippen LogP contribution in [0.5, 0.6) is 5.75 Å². The fourth-order valence-corrected chi connectivity index (χ4v) is 3.09. The molecule has 0 aliphatic carbocycles. The fourth-order valence-electron chi connectivity index (χ4n) is 3.09. The number of amides is 1. The second-order valence-electron chi connectivity index (χ2n) is 7.06. The Kier molecular flexibility index (Phi) is 6.42. The first kappa shape index (κ1) is 21.7. The fraction of sp³-hybridized carbons (Fsp3) is 0.0417. The highest BCUT2D eigenvalue weighted by Crippen LogP contribution is 2.25. The zero-order chi connectivity index (χ0) is 23.2. The third-order valence-electron chi connectivity index (χ3n) is 4.81. The Morgan fingerprint density at radius 3 is 2.55 bits per heavy atom. The molecule has 9 heteroatoms. The molecule has 2 aromatic heterocycles. The topological polar surface area (TPSA) is 128 Å². The molecule has 2 aromatic carbocycles. The number of carbonyl (C=O) groups excluding carboxylic acids is 1. The van der Waals surface area contributed by atoms with E-state index in [1.807, 2.05) is 18.2 Å². The van der Waals surface area contributed by atoms with Crippen molar-refractivity contribution in [3.8, 4) is 17.0 Å². The Morgan fingerprint density at radius 2 is 1.85 bits per heavy atom. The number of nitrogen functional groups attached to an aromatic ring is 2. The van der Waals surface area contributed by atoms with E-state index in [4.69, 9.17) is 16.3 Å². The second kappa shape index (κ2) is 9.75. The van der Waals surface area contributed by atoms with Crippen LogP contribution >= 0.6 is 0 Å². The number of carbonyl (C=O) groups is 1. The quantitative estimate of drug-likeness (QED) is 0.251. The maximum absolute atomic E-state index is 14.4. The van der Waals surface area contributed by atoms with Crippen molar-refractivity contribution in [1.29, 1.82) is 0 Å². The lowest BCUT2D eigenvalue weighted by molar-refractivity contribution is 0.102. The van der Waals surface area contributed by atoms with Crippen LogP contribution in [0.25, 0.3) is 11.3 Å². The van der Waals surface area contributed by atoms with Crippen molar-refractivity contribution >= 4 is 23.1 Å². The van der Waals surface area contributed by atoms with Crippen LogP contribution in [-0.2, 0) is 6.61 Å². The Labute approximate surface area is 189 Å². The lowest BCUT2D eigenvalue weighted by Gasteiger charge is -2.10. The van der Waals surface area contributed by atoms with Gasteiger partial charge >= 0.3 is 0 Å². The first-order valence-corrected chi connectivity index (χ1v) is 10.0. The average molecular weight is 444 g/mol. The molecule has 166 valence electrons. The first-order chi connectivity index (χ1) is 16.0. The second-order valence-corrected chi connectivity index (χ2v) is 7.06. The van der Waals surface area contributed by atoms with Gasteiger partial charge in [0.2, 0.25) is 0 Å². The summed E-state index contributed by atoms with van der Waals surface area (Å²) in [5, 5.41) is 2.69. The number of benzene rings is 2. The third-order valence-corrected chi connectivity index (χ3v) is 4.81. The van der Waals surface area contributed by atoms with Crippen LogP contribution in [0.3, 0.4) is 0 Å². The van der Waals surface area contributed by atoms with E-state index < -0.39 is 11.7 Å². The number of anilines is 3. The van der Waals surface area contributed by atoms with Gasteiger partial charge in [-0.25, -0.2) is 9.37 Å². The molecule has 0 saturated heterocycles. The van der Waals surface area contributed by atoms with Crippen molar-refractivity contribution in [2.75, 3.05) is 16.5 Å². The Hall–Kier alpha value is -4.50. The van der Waals surface area contributed by atoms with Crippen LogP contribution in [0.2, 0.25) is 0 Å². The summed E-state index contributed by atoms with van der Waals surface area (Å²) in [4.78, 5) is 21.2. The number of nitrogens with two attached hydrogens (primary N) is 2. The summed E-state index contributed by atoms with van der Waals surface area (Å²) in [6.45, 7) is 0.325. The van der Waals surface area contributed by atoms with Crippen LogP contribution in [-0.4, -0.2) is 15.9 Å². The number of aromatic nitrogens is 2. The van der Waals surface area contributed by atoms with Crippen LogP contribution in [0.15, 0.2) is 79.0 Å². The molecule has 1 amide bonds. The molecule has 33 heavy (non-hydrogen) atoms. The number of rotatable bonds is 7. The molecular formula is C24H21FN6O2. The largest absolute Gasteiger partial charge is 0.487 e. The average Bonchev–Trinajstić information content (AvgIpc) is 2.84. The lowest BCUT2D eigenvalue weighted by Crippen LogP contribution is -2.14. The van der Waals surface area contributed by atoms with E-state index >= 15 is 0 Å². The SMILES string of the molecule is NNc1ccc(-c2ccc(F)c(C(=O)Nc3ccc(OCc4ccccn4)cc3)c2)nc1N. The molecule has 0 fully saturated rings. The van der Waals surface area contributed by atoms with Gasteiger partial charge in [-0.3, -0.25) is 15.6 Å². The molecule has 0 unspecified atom stereocenters. The van der Waals surface area contributed by atoms with Gasteiger partial charge in [-0.15, -0.1) is 0 Å². The zero-order valence-corrected chi connectivity index (χ0v) is 17.5. The smallest absolute Gasteiger partial charge is 0.258 e. The van der Waals surface area contributed by atoms with E-state index in [1.165, 1.54) is 18.2 Å². The molecule has 0 atom stereocenters. The van der Waals surface area contributed by atoms with E-state index in [1.54, 1.807) is 42.6 Å². The zero-order valence-electron chi connectivity index (χ0n) is 17.5. The molecule has 4 rings (SSSR count). The van der Waals surface area contributed by atoms with Crippen LogP contribution in [0.1, 0.15) is 16.1 Å². The Balaban J connectivity index is 1.46. The van der Waals surface area contributed by atoms with Crippen LogP contribution < -0.4 is 27.1 Å². The molecule has 0 spiro atoms. The van der Waals surface area contributed by atoms with E-state index in [0.29, 0.717) is 35.0 Å². The number of ether oxygens (including phenoxy) is 1. The van der Waals surface area contributed by atoms with Crippen molar-refractivity contribution in [1.82, 2.24) is 9.97 Å². The molecule has 8 nitrogen and oxygen atoms in total. The summed E-state index contributed by atoms with van der Waals surface area (Å²) < 4.78 is 20.1. The summed E-state index contributed by atoms with van der Waals surface area (Å²) in [6, 6.07) is 19.8. The molecular weight excluding hydrogens is 423 g/mol. The van der Waals surface area contributed by atoms with E-state index in [-0.39, 0.29) is 11.4 Å². The van der Waals surface area contributed by atoms with Gasteiger partial charge in [-0.1, -0.05) is 6.07 Å². The van der Waals surface area contributed by atoms with Gasteiger partial charge in [0.05, 0.1) is 22.6 Å². The van der Waals surface area contributed by atoms with E-state index in [0.717, 1.165) is 5.69 Å². The minimum Gasteiger partial charge on any atom is -0.487 e. The molecule has 4 aromatic rings. The third kappa shape index (κ3) is 5.23. The number of hydrogen-bond acceptors (Lipinski definition) is 7. The van der Waals surface area contributed by atoms with E-state index in [2.05, 4.69) is 20.7 Å². The van der Waals surface area contributed by atoms with Crippen molar-refractivity contribution in [3.05, 3.63) is 96.1 Å². The van der Waals surface area contributed by atoms with Gasteiger partial charge in [0.25, 0.3) is 5.91 Å². The molecule has 2 heterocycles. The van der Waals surface area contributed by atoms with Gasteiger partial charge in [0, 0.05) is 17.4 Å². The summed E-state index contributed by atoms with van der Waals surface area (Å²) in [7, 11) is 0. The summed E-state index contributed by atoms with van der Waals surface area (Å²) in [6.07, 6.45) is 1.70. The standard InChI is InChI=1S/C24H21FN6O2/c25-20-9-4-15(21-10-11-22(31-27)23(26)30-21)13-19(20)24(32)29-16-5-7-18(8-6-16)33-14-17-3-1-2-12-28-17/h1-13,31H,14,27H2,(H2,26,30)(H,29,32). The summed E-state index contributed by atoms with van der Waals surface area (Å²) >= 11 is 0. The summed E-state index contributed by atoms with van der Waals surface area (Å²) in [5.74, 6) is 4.93. The number of halogens is 1. The minimum absolute atomic E-state index is 0.121. The van der Waals surface area contributed by atoms with Gasteiger partial charge < -0.3 is 21.2 Å². The number of hydrazine groups is 1. The number of nitrogens with one attached hydrogen (secondary N) is 2. The van der Waals surface area contributed by atoms with Crippen molar-refractivity contribution in [2.45, 2.75) is 6.61 Å². The number of pyridine rings is 2. The Morgan fingerprint density at radius 1 is 1.03 bits per heavy atom. The molecule has 0 radical (unpaired) electrons. The van der Waals surface area contributed by atoms with Gasteiger partial charge in [0.1, 0.15) is 24.0 Å². The maximum Gasteiger partial charge on any atom is 0.258 e. The van der Waals surface area contributed by atoms with Crippen molar-refractivity contribution < 1.29 is 13.9 Å². The minimum atomic E-state index is -0.653. The normalized spacial score (nSPS) is 10.5. The highest BCUT2D eigenvalue weighted by Gasteiger charge is 2.15. The van der Waals surface area contributed by atoms with Gasteiger partial charge in [0.15, 0.2) is 0 Å². The first-order valence-electron chi connectivity index (χ1n) is 10.0. The molecule has 0 bridgehead atoms. The number of hydrogen-bond donors (Lipinski definition) is 4. The maximum atomic E-state index is 14.4. The predicted octanol–water partition coefficient (Wildman–Crippen LogP) is 3.98. The molecule has 0 aliphatic heterocycles. The Bertz CT molecular complexity index is 1270.